The Kier molecular flexibility index (Phi) is 3.38. The third-order valence-corrected chi connectivity index (χ3v) is 4.95. The number of carbonyl (C=O) groups is 1. The van der Waals surface area contributed by atoms with Crippen molar-refractivity contribution in [2.24, 2.45) is 17.8 Å². The van der Waals surface area contributed by atoms with E-state index in [1.165, 1.54) is 25.7 Å². The molecule has 2 aliphatic rings. The first-order valence-electron chi connectivity index (χ1n) is 7.52. The van der Waals surface area contributed by atoms with Gasteiger partial charge in [-0.15, -0.1) is 0 Å². The van der Waals surface area contributed by atoms with Crippen molar-refractivity contribution in [2.75, 3.05) is 6.61 Å². The van der Waals surface area contributed by atoms with Crippen molar-refractivity contribution in [3.05, 3.63) is 23.5 Å². The molecule has 1 aromatic rings. The Morgan fingerprint density at radius 3 is 2.89 bits per heavy atom. The summed E-state index contributed by atoms with van der Waals surface area (Å²) in [6.07, 6.45) is 7.64. The summed E-state index contributed by atoms with van der Waals surface area (Å²) in [5, 5.41) is 0. The molecule has 2 aliphatic carbocycles. The van der Waals surface area contributed by atoms with Gasteiger partial charge in [0.2, 0.25) is 0 Å². The summed E-state index contributed by atoms with van der Waals surface area (Å²) in [7, 11) is 0. The van der Waals surface area contributed by atoms with Crippen LogP contribution in [0.1, 0.15) is 48.7 Å². The number of aryl methyl sites for hydroxylation is 1. The normalized spacial score (nSPS) is 28.8. The van der Waals surface area contributed by atoms with Crippen LogP contribution in [0.3, 0.4) is 0 Å². The van der Waals surface area contributed by atoms with Crippen molar-refractivity contribution in [3.63, 3.8) is 0 Å². The second-order valence-corrected chi connectivity index (χ2v) is 6.16. The number of rotatable bonds is 4. The number of carbonyl (C=O) groups excluding carboxylic acids is 1. The Bertz CT molecular complexity index is 477. The predicted octanol–water partition coefficient (Wildman–Crippen LogP) is 3.41. The highest BCUT2D eigenvalue weighted by atomic mass is 16.5. The predicted molar refractivity (Wildman–Crippen MR) is 74.1 cm³/mol. The fraction of sp³-hybridized carbons (Fsp3) is 0.688. The molecule has 2 fully saturated rings. The molecule has 0 amide bonds. The summed E-state index contributed by atoms with van der Waals surface area (Å²) >= 11 is 0. The number of ether oxygens (including phenoxy) is 1. The number of aromatic nitrogens is 1. The minimum Gasteiger partial charge on any atom is -0.461 e. The molecule has 3 unspecified atom stereocenters. The van der Waals surface area contributed by atoms with Crippen LogP contribution in [-0.2, 0) is 11.3 Å². The van der Waals surface area contributed by atoms with E-state index in [0.29, 0.717) is 6.61 Å². The summed E-state index contributed by atoms with van der Waals surface area (Å²) in [5.41, 5.74) is 1.78. The maximum atomic E-state index is 12.0. The maximum absolute atomic E-state index is 12.0. The van der Waals surface area contributed by atoms with Gasteiger partial charge in [0, 0.05) is 12.7 Å². The van der Waals surface area contributed by atoms with Crippen LogP contribution in [0.2, 0.25) is 0 Å². The van der Waals surface area contributed by atoms with Crippen molar-refractivity contribution in [2.45, 2.75) is 46.1 Å². The summed E-state index contributed by atoms with van der Waals surface area (Å²) in [6.45, 7) is 5.28. The van der Waals surface area contributed by atoms with Crippen LogP contribution in [0.5, 0.6) is 0 Å². The first-order chi connectivity index (χ1) is 9.19. The van der Waals surface area contributed by atoms with Crippen molar-refractivity contribution in [1.29, 1.82) is 0 Å². The van der Waals surface area contributed by atoms with E-state index >= 15 is 0 Å². The number of hydrogen-bond donors (Lipinski definition) is 0. The fourth-order valence-electron chi connectivity index (χ4n) is 4.06. The van der Waals surface area contributed by atoms with Gasteiger partial charge in [-0.2, -0.15) is 0 Å². The molecule has 2 bridgehead atoms. The number of nitrogens with zero attached hydrogens (tertiary/aromatic N) is 1. The van der Waals surface area contributed by atoms with E-state index in [1.807, 2.05) is 26.1 Å². The average Bonchev–Trinajstić information content (AvgIpc) is 3.06. The van der Waals surface area contributed by atoms with Gasteiger partial charge in [0.15, 0.2) is 0 Å². The quantitative estimate of drug-likeness (QED) is 0.778. The zero-order valence-corrected chi connectivity index (χ0v) is 11.9. The molecule has 3 rings (SSSR count). The highest BCUT2D eigenvalue weighted by Crippen LogP contribution is 2.48. The minimum atomic E-state index is -0.173. The standard InChI is InChI=1S/C16H23NO2/c1-3-19-16(18)15-11(2)6-7-17(15)10-14-9-12-4-5-13(14)8-12/h6-7,12-14H,3-5,8-10H2,1-2H3. The van der Waals surface area contributed by atoms with Gasteiger partial charge in [0.05, 0.1) is 6.61 Å². The molecule has 0 aromatic carbocycles. The number of fused-ring (bicyclic) bond motifs is 2. The molecule has 1 aromatic heterocycles. The topological polar surface area (TPSA) is 31.2 Å². The monoisotopic (exact) mass is 261 g/mol. The molecule has 0 spiro atoms. The molecular formula is C16H23NO2. The van der Waals surface area contributed by atoms with Crippen molar-refractivity contribution in [1.82, 2.24) is 4.57 Å². The second kappa shape index (κ2) is 5.03. The Labute approximate surface area is 114 Å². The zero-order valence-electron chi connectivity index (χ0n) is 11.9. The summed E-state index contributed by atoms with van der Waals surface area (Å²) in [6, 6.07) is 2.03. The van der Waals surface area contributed by atoms with Gasteiger partial charge in [-0.3, -0.25) is 0 Å². The molecule has 0 N–H and O–H groups in total. The maximum Gasteiger partial charge on any atom is 0.355 e. The van der Waals surface area contributed by atoms with Gasteiger partial charge in [-0.05, 0) is 62.5 Å². The van der Waals surface area contributed by atoms with Crippen molar-refractivity contribution >= 4 is 5.97 Å². The molecule has 0 saturated heterocycles. The van der Waals surface area contributed by atoms with E-state index in [0.717, 1.165) is 35.6 Å². The van der Waals surface area contributed by atoms with Crippen molar-refractivity contribution in [3.8, 4) is 0 Å². The van der Waals surface area contributed by atoms with E-state index in [9.17, 15) is 4.79 Å². The van der Waals surface area contributed by atoms with Crippen LogP contribution in [-0.4, -0.2) is 17.1 Å². The fourth-order valence-corrected chi connectivity index (χ4v) is 4.06. The minimum absolute atomic E-state index is 0.173. The van der Waals surface area contributed by atoms with Crippen molar-refractivity contribution < 1.29 is 9.53 Å². The first kappa shape index (κ1) is 12.8. The highest BCUT2D eigenvalue weighted by molar-refractivity contribution is 5.89. The largest absolute Gasteiger partial charge is 0.461 e. The lowest BCUT2D eigenvalue weighted by molar-refractivity contribution is 0.0511. The number of hydrogen-bond acceptors (Lipinski definition) is 2. The van der Waals surface area contributed by atoms with E-state index in [-0.39, 0.29) is 5.97 Å². The van der Waals surface area contributed by atoms with Gasteiger partial charge >= 0.3 is 5.97 Å². The van der Waals surface area contributed by atoms with Crippen LogP contribution in [0, 0.1) is 24.7 Å². The van der Waals surface area contributed by atoms with Crippen LogP contribution in [0.15, 0.2) is 12.3 Å². The average molecular weight is 261 g/mol. The lowest BCUT2D eigenvalue weighted by Crippen LogP contribution is -2.20. The SMILES string of the molecule is CCOC(=O)c1c(C)ccn1CC1CC2CCC1C2. The molecule has 3 heteroatoms. The van der Waals surface area contributed by atoms with Crippen LogP contribution in [0.4, 0.5) is 0 Å². The van der Waals surface area contributed by atoms with Gasteiger partial charge in [-0.25, -0.2) is 4.79 Å². The van der Waals surface area contributed by atoms with Gasteiger partial charge in [0.1, 0.15) is 5.69 Å². The molecule has 0 radical (unpaired) electrons. The Hall–Kier alpha value is -1.25. The third kappa shape index (κ3) is 2.31. The van der Waals surface area contributed by atoms with Crippen LogP contribution >= 0.6 is 0 Å². The molecule has 3 atom stereocenters. The molecule has 2 saturated carbocycles. The Balaban J connectivity index is 1.76. The Morgan fingerprint density at radius 2 is 2.26 bits per heavy atom. The van der Waals surface area contributed by atoms with E-state index < -0.39 is 0 Å². The molecule has 3 nitrogen and oxygen atoms in total. The molecule has 19 heavy (non-hydrogen) atoms. The zero-order chi connectivity index (χ0) is 13.4. The van der Waals surface area contributed by atoms with Gasteiger partial charge < -0.3 is 9.30 Å². The van der Waals surface area contributed by atoms with E-state index in [4.69, 9.17) is 4.74 Å². The van der Waals surface area contributed by atoms with Crippen LogP contribution < -0.4 is 0 Å². The summed E-state index contributed by atoms with van der Waals surface area (Å²) in [5.74, 6) is 2.44. The molecule has 104 valence electrons. The van der Waals surface area contributed by atoms with E-state index in [2.05, 4.69) is 4.57 Å². The van der Waals surface area contributed by atoms with Gasteiger partial charge in [-0.1, -0.05) is 6.42 Å². The first-order valence-corrected chi connectivity index (χ1v) is 7.52. The smallest absolute Gasteiger partial charge is 0.355 e. The molecular weight excluding hydrogens is 238 g/mol. The lowest BCUT2D eigenvalue weighted by Gasteiger charge is -2.23. The Morgan fingerprint density at radius 1 is 1.42 bits per heavy atom. The number of esters is 1. The summed E-state index contributed by atoms with van der Waals surface area (Å²) < 4.78 is 7.30. The molecule has 0 aliphatic heterocycles. The third-order valence-electron chi connectivity index (χ3n) is 4.95. The second-order valence-electron chi connectivity index (χ2n) is 6.16. The highest BCUT2D eigenvalue weighted by Gasteiger charge is 2.39. The molecule has 1 heterocycles. The van der Waals surface area contributed by atoms with Crippen LogP contribution in [0.25, 0.3) is 0 Å². The van der Waals surface area contributed by atoms with E-state index in [1.54, 1.807) is 0 Å². The lowest BCUT2D eigenvalue weighted by atomic mass is 9.89. The van der Waals surface area contributed by atoms with Gasteiger partial charge in [0.25, 0.3) is 0 Å². The summed E-state index contributed by atoms with van der Waals surface area (Å²) in [4.78, 5) is 12.0.